The summed E-state index contributed by atoms with van der Waals surface area (Å²) in [6, 6.07) is 4.64. The Morgan fingerprint density at radius 3 is 2.79 bits per heavy atom. The van der Waals surface area contributed by atoms with Gasteiger partial charge in [0.15, 0.2) is 0 Å². The van der Waals surface area contributed by atoms with E-state index in [0.29, 0.717) is 31.7 Å². The van der Waals surface area contributed by atoms with Crippen LogP contribution in [-0.2, 0) is 11.2 Å². The van der Waals surface area contributed by atoms with Crippen LogP contribution >= 0.6 is 11.3 Å². The van der Waals surface area contributed by atoms with Gasteiger partial charge in [0.2, 0.25) is 0 Å². The summed E-state index contributed by atoms with van der Waals surface area (Å²) in [5, 5.41) is 6.45. The van der Waals surface area contributed by atoms with Crippen LogP contribution in [0.5, 0.6) is 0 Å². The normalized spacial score (nSPS) is 15.1. The van der Waals surface area contributed by atoms with E-state index >= 15 is 0 Å². The first-order valence-corrected chi connectivity index (χ1v) is 12.0. The Kier molecular flexibility index (Phi) is 6.69. The number of nitrogens with one attached hydrogen (secondary N) is 2. The SMILES string of the molecule is CC(C)(C)OC(=O)N1CCC(c2nc(C(=O)NCCc3c[nH]c4ccc(F)cc34)cs2)CC1. The molecule has 7 nitrogen and oxygen atoms in total. The van der Waals surface area contributed by atoms with Gasteiger partial charge in [-0.25, -0.2) is 14.2 Å². The van der Waals surface area contributed by atoms with Crippen molar-refractivity contribution in [3.05, 3.63) is 51.9 Å². The lowest BCUT2D eigenvalue weighted by molar-refractivity contribution is 0.0204. The summed E-state index contributed by atoms with van der Waals surface area (Å²) in [6.45, 7) is 7.25. The number of nitrogens with zero attached hydrogens (tertiary/aromatic N) is 2. The quantitative estimate of drug-likeness (QED) is 0.556. The van der Waals surface area contributed by atoms with E-state index in [4.69, 9.17) is 4.74 Å². The molecular formula is C24H29FN4O3S. The molecule has 0 aliphatic carbocycles. The molecule has 9 heteroatoms. The van der Waals surface area contributed by atoms with Crippen LogP contribution in [0.1, 0.15) is 60.6 Å². The van der Waals surface area contributed by atoms with Gasteiger partial charge in [-0.3, -0.25) is 4.79 Å². The van der Waals surface area contributed by atoms with Crippen LogP contribution < -0.4 is 5.32 Å². The number of aromatic nitrogens is 2. The van der Waals surface area contributed by atoms with Gasteiger partial charge >= 0.3 is 6.09 Å². The van der Waals surface area contributed by atoms with Gasteiger partial charge in [-0.15, -0.1) is 11.3 Å². The minimum absolute atomic E-state index is 0.213. The van der Waals surface area contributed by atoms with E-state index in [0.717, 1.165) is 34.3 Å². The largest absolute Gasteiger partial charge is 0.444 e. The summed E-state index contributed by atoms with van der Waals surface area (Å²) in [6.07, 6.45) is 3.75. The zero-order valence-corrected chi connectivity index (χ0v) is 19.9. The van der Waals surface area contributed by atoms with Crippen LogP contribution in [0.4, 0.5) is 9.18 Å². The van der Waals surface area contributed by atoms with Gasteiger partial charge in [0.1, 0.15) is 17.1 Å². The molecule has 4 rings (SSSR count). The van der Waals surface area contributed by atoms with Crippen molar-refractivity contribution in [1.29, 1.82) is 0 Å². The Labute approximate surface area is 196 Å². The fourth-order valence-electron chi connectivity index (χ4n) is 3.97. The highest BCUT2D eigenvalue weighted by molar-refractivity contribution is 7.09. The minimum Gasteiger partial charge on any atom is -0.444 e. The Morgan fingerprint density at radius 1 is 1.30 bits per heavy atom. The smallest absolute Gasteiger partial charge is 0.410 e. The van der Waals surface area contributed by atoms with Crippen LogP contribution in [0.15, 0.2) is 29.8 Å². The number of hydrogen-bond donors (Lipinski definition) is 2. The second kappa shape index (κ2) is 9.51. The van der Waals surface area contributed by atoms with Crippen LogP contribution in [-0.4, -0.2) is 52.1 Å². The number of thiazole rings is 1. The lowest BCUT2D eigenvalue weighted by atomic mass is 9.98. The maximum Gasteiger partial charge on any atom is 0.410 e. The summed E-state index contributed by atoms with van der Waals surface area (Å²) in [7, 11) is 0. The van der Waals surface area contributed by atoms with Gasteiger partial charge in [-0.05, 0) is 63.8 Å². The van der Waals surface area contributed by atoms with Crippen molar-refractivity contribution in [2.24, 2.45) is 0 Å². The zero-order valence-electron chi connectivity index (χ0n) is 19.1. The van der Waals surface area contributed by atoms with Crippen molar-refractivity contribution < 1.29 is 18.7 Å². The summed E-state index contributed by atoms with van der Waals surface area (Å²) in [4.78, 5) is 34.2. The highest BCUT2D eigenvalue weighted by Crippen LogP contribution is 2.31. The summed E-state index contributed by atoms with van der Waals surface area (Å²) in [5.41, 5.74) is 1.74. The predicted molar refractivity (Wildman–Crippen MR) is 126 cm³/mol. The number of benzene rings is 1. The lowest BCUT2D eigenvalue weighted by Crippen LogP contribution is -2.41. The first kappa shape index (κ1) is 23.2. The van der Waals surface area contributed by atoms with Crippen LogP contribution in [0, 0.1) is 5.82 Å². The molecule has 1 aliphatic heterocycles. The van der Waals surface area contributed by atoms with Crippen LogP contribution in [0.25, 0.3) is 10.9 Å². The summed E-state index contributed by atoms with van der Waals surface area (Å²) in [5.74, 6) is -0.259. The van der Waals surface area contributed by atoms with E-state index in [1.165, 1.54) is 23.5 Å². The number of carbonyl (C=O) groups is 2. The molecule has 2 N–H and O–H groups in total. The number of amides is 2. The molecule has 0 bridgehead atoms. The van der Waals surface area contributed by atoms with Crippen molar-refractivity contribution in [3.8, 4) is 0 Å². The molecule has 0 radical (unpaired) electrons. The van der Waals surface area contributed by atoms with E-state index in [-0.39, 0.29) is 23.7 Å². The molecule has 1 aromatic carbocycles. The average molecular weight is 473 g/mol. The Bertz CT molecular complexity index is 1140. The number of likely N-dealkylation sites (tertiary alicyclic amines) is 1. The van der Waals surface area contributed by atoms with E-state index in [1.807, 2.05) is 27.0 Å². The fourth-order valence-corrected chi connectivity index (χ4v) is 4.94. The number of piperidine rings is 1. The van der Waals surface area contributed by atoms with Crippen LogP contribution in [0.3, 0.4) is 0 Å². The van der Waals surface area contributed by atoms with Crippen LogP contribution in [0.2, 0.25) is 0 Å². The molecule has 0 unspecified atom stereocenters. The van der Waals surface area contributed by atoms with Gasteiger partial charge in [-0.1, -0.05) is 0 Å². The highest BCUT2D eigenvalue weighted by Gasteiger charge is 2.29. The van der Waals surface area contributed by atoms with Crippen molar-refractivity contribution in [2.75, 3.05) is 19.6 Å². The number of aromatic amines is 1. The number of H-pyrrole nitrogens is 1. The molecule has 0 spiro atoms. The molecule has 1 saturated heterocycles. The average Bonchev–Trinajstić information content (AvgIpc) is 3.40. The highest BCUT2D eigenvalue weighted by atomic mass is 32.1. The molecule has 2 aromatic heterocycles. The molecule has 1 aliphatic rings. The third kappa shape index (κ3) is 5.71. The zero-order chi connectivity index (χ0) is 23.6. The van der Waals surface area contributed by atoms with Gasteiger partial charge in [-0.2, -0.15) is 0 Å². The number of halogens is 1. The molecule has 1 fully saturated rings. The number of carbonyl (C=O) groups excluding carboxylic acids is 2. The second-order valence-corrected chi connectivity index (χ2v) is 10.2. The monoisotopic (exact) mass is 472 g/mol. The van der Waals surface area contributed by atoms with E-state index in [2.05, 4.69) is 15.3 Å². The van der Waals surface area contributed by atoms with E-state index in [9.17, 15) is 14.0 Å². The molecule has 3 heterocycles. The number of hydrogen-bond acceptors (Lipinski definition) is 5. The minimum atomic E-state index is -0.504. The lowest BCUT2D eigenvalue weighted by Gasteiger charge is -2.32. The Morgan fingerprint density at radius 2 is 2.06 bits per heavy atom. The molecular weight excluding hydrogens is 443 g/mol. The van der Waals surface area contributed by atoms with Gasteiger partial charge < -0.3 is 19.9 Å². The molecule has 0 atom stereocenters. The molecule has 0 saturated carbocycles. The van der Waals surface area contributed by atoms with Crippen molar-refractivity contribution >= 4 is 34.2 Å². The third-order valence-electron chi connectivity index (χ3n) is 5.66. The fraction of sp³-hybridized carbons (Fsp3) is 0.458. The Hall–Kier alpha value is -2.94. The summed E-state index contributed by atoms with van der Waals surface area (Å²) < 4.78 is 19.0. The maximum absolute atomic E-state index is 13.5. The molecule has 2 amide bonds. The summed E-state index contributed by atoms with van der Waals surface area (Å²) >= 11 is 1.49. The van der Waals surface area contributed by atoms with Gasteiger partial charge in [0.05, 0.1) is 5.01 Å². The topological polar surface area (TPSA) is 87.3 Å². The maximum atomic E-state index is 13.5. The predicted octanol–water partition coefficient (Wildman–Crippen LogP) is 4.85. The second-order valence-electron chi connectivity index (χ2n) is 9.32. The van der Waals surface area contributed by atoms with Gasteiger partial charge in [0.25, 0.3) is 5.91 Å². The van der Waals surface area contributed by atoms with Gasteiger partial charge in [0, 0.05) is 48.0 Å². The molecule has 33 heavy (non-hydrogen) atoms. The van der Waals surface area contributed by atoms with Crippen molar-refractivity contribution in [3.63, 3.8) is 0 Å². The number of rotatable bonds is 5. The van der Waals surface area contributed by atoms with E-state index < -0.39 is 5.60 Å². The number of ether oxygens (including phenoxy) is 1. The van der Waals surface area contributed by atoms with Crippen molar-refractivity contribution in [1.82, 2.24) is 20.2 Å². The molecule has 176 valence electrons. The third-order valence-corrected chi connectivity index (χ3v) is 6.67. The standard InChI is InChI=1S/C24H29FN4O3S/c1-24(2,3)32-23(31)29-10-7-15(8-11-29)22-28-20(14-33-22)21(30)26-9-6-16-13-27-19-5-4-17(25)12-18(16)19/h4-5,12-15,27H,6-11H2,1-3H3,(H,26,30). The van der Waals surface area contributed by atoms with Crippen molar-refractivity contribution in [2.45, 2.75) is 51.6 Å². The molecule has 3 aromatic rings. The first-order chi connectivity index (χ1) is 15.7. The Balaban J connectivity index is 1.27. The first-order valence-electron chi connectivity index (χ1n) is 11.2. The number of fused-ring (bicyclic) bond motifs is 1. The van der Waals surface area contributed by atoms with E-state index in [1.54, 1.807) is 16.3 Å².